The smallest absolute Gasteiger partial charge is 0.416 e. The number of amides is 1. The van der Waals surface area contributed by atoms with E-state index in [1.54, 1.807) is 4.90 Å². The van der Waals surface area contributed by atoms with Crippen molar-refractivity contribution in [3.05, 3.63) is 53.6 Å². The number of carbonyl (C=O) groups is 1. The first-order valence-electron chi connectivity index (χ1n) is 10.5. The third-order valence-electron chi connectivity index (χ3n) is 5.14. The number of likely N-dealkylation sites (N-methyl/N-ethyl adjacent to an activating group) is 1. The highest BCUT2D eigenvalue weighted by atomic mass is 32.1. The van der Waals surface area contributed by atoms with Crippen molar-refractivity contribution in [2.45, 2.75) is 26.9 Å². The summed E-state index contributed by atoms with van der Waals surface area (Å²) in [7, 11) is 0. The number of rotatable bonds is 9. The van der Waals surface area contributed by atoms with E-state index in [1.807, 2.05) is 39.0 Å². The van der Waals surface area contributed by atoms with Crippen molar-refractivity contribution in [3.63, 3.8) is 0 Å². The van der Waals surface area contributed by atoms with Gasteiger partial charge in [0.25, 0.3) is 5.91 Å². The van der Waals surface area contributed by atoms with Crippen LogP contribution in [0.5, 0.6) is 5.75 Å². The lowest BCUT2D eigenvalue weighted by Crippen LogP contribution is -2.38. The molecule has 0 spiro atoms. The number of anilines is 1. The fourth-order valence-corrected chi connectivity index (χ4v) is 4.33. The van der Waals surface area contributed by atoms with Crippen LogP contribution >= 0.6 is 11.3 Å². The van der Waals surface area contributed by atoms with Gasteiger partial charge in [-0.15, -0.1) is 0 Å². The molecule has 0 unspecified atom stereocenters. The second-order valence-corrected chi connectivity index (χ2v) is 8.10. The van der Waals surface area contributed by atoms with Crippen molar-refractivity contribution < 1.29 is 22.7 Å². The van der Waals surface area contributed by atoms with Gasteiger partial charge in [0.05, 0.1) is 16.9 Å². The van der Waals surface area contributed by atoms with E-state index in [1.165, 1.54) is 23.5 Å². The molecule has 3 rings (SSSR count). The highest BCUT2D eigenvalue weighted by Crippen LogP contribution is 2.35. The summed E-state index contributed by atoms with van der Waals surface area (Å²) in [5, 5.41) is 0.490. The van der Waals surface area contributed by atoms with E-state index >= 15 is 0 Å². The number of fused-ring (bicyclic) bond motifs is 1. The minimum Gasteiger partial charge on any atom is -0.492 e. The fraction of sp³-hybridized carbons (Fsp3) is 0.391. The zero-order chi connectivity index (χ0) is 23.3. The van der Waals surface area contributed by atoms with Crippen LogP contribution in [0.3, 0.4) is 0 Å². The first kappa shape index (κ1) is 24.0. The number of aromatic nitrogens is 1. The highest BCUT2D eigenvalue weighted by Gasteiger charge is 2.31. The number of alkyl halides is 3. The molecule has 0 aliphatic heterocycles. The van der Waals surface area contributed by atoms with E-state index in [4.69, 9.17) is 4.74 Å². The topological polar surface area (TPSA) is 45.7 Å². The molecule has 172 valence electrons. The molecule has 0 bridgehead atoms. The van der Waals surface area contributed by atoms with Crippen LogP contribution in [0, 0.1) is 0 Å². The van der Waals surface area contributed by atoms with Crippen LogP contribution in [-0.2, 0) is 6.18 Å². The maximum atomic E-state index is 13.3. The van der Waals surface area contributed by atoms with Gasteiger partial charge in [-0.1, -0.05) is 31.3 Å². The summed E-state index contributed by atoms with van der Waals surface area (Å²) in [6.45, 7) is 9.09. The Morgan fingerprint density at radius 3 is 2.31 bits per heavy atom. The van der Waals surface area contributed by atoms with E-state index in [-0.39, 0.29) is 11.5 Å². The number of hydrogen-bond acceptors (Lipinski definition) is 5. The molecule has 1 aromatic heterocycles. The van der Waals surface area contributed by atoms with Crippen LogP contribution in [0.2, 0.25) is 0 Å². The van der Waals surface area contributed by atoms with Crippen molar-refractivity contribution in [1.82, 2.24) is 9.88 Å². The van der Waals surface area contributed by atoms with Gasteiger partial charge in [0.15, 0.2) is 5.13 Å². The van der Waals surface area contributed by atoms with Gasteiger partial charge < -0.3 is 9.64 Å². The minimum absolute atomic E-state index is 0.182. The third-order valence-corrected chi connectivity index (χ3v) is 6.18. The summed E-state index contributed by atoms with van der Waals surface area (Å²) < 4.78 is 45.3. The Morgan fingerprint density at radius 1 is 1.03 bits per heavy atom. The van der Waals surface area contributed by atoms with Gasteiger partial charge in [0.1, 0.15) is 11.3 Å². The summed E-state index contributed by atoms with van der Waals surface area (Å²) in [6, 6.07) is 9.90. The second kappa shape index (κ2) is 10.3. The molecule has 0 radical (unpaired) electrons. The Bertz CT molecular complexity index is 1050. The third kappa shape index (κ3) is 5.39. The van der Waals surface area contributed by atoms with Crippen LogP contribution in [0.4, 0.5) is 18.3 Å². The molecule has 0 aliphatic carbocycles. The molecule has 0 N–H and O–H groups in total. The van der Waals surface area contributed by atoms with Gasteiger partial charge in [-0.3, -0.25) is 9.69 Å². The number of para-hydroxylation sites is 1. The Labute approximate surface area is 189 Å². The molecule has 0 saturated heterocycles. The van der Waals surface area contributed by atoms with Crippen molar-refractivity contribution in [2.24, 2.45) is 0 Å². The zero-order valence-corrected chi connectivity index (χ0v) is 19.1. The van der Waals surface area contributed by atoms with E-state index in [2.05, 4.69) is 9.88 Å². The van der Waals surface area contributed by atoms with E-state index in [0.717, 1.165) is 29.9 Å². The number of nitrogens with zero attached hydrogens (tertiary/aromatic N) is 3. The molecule has 9 heteroatoms. The molecule has 5 nitrogen and oxygen atoms in total. The maximum absolute atomic E-state index is 13.3. The van der Waals surface area contributed by atoms with Crippen LogP contribution in [0.15, 0.2) is 42.5 Å². The zero-order valence-electron chi connectivity index (χ0n) is 18.3. The van der Waals surface area contributed by atoms with E-state index < -0.39 is 11.7 Å². The van der Waals surface area contributed by atoms with Gasteiger partial charge in [-0.25, -0.2) is 4.98 Å². The minimum atomic E-state index is -4.45. The summed E-state index contributed by atoms with van der Waals surface area (Å²) in [6.07, 6.45) is -4.45. The molecule has 32 heavy (non-hydrogen) atoms. The van der Waals surface area contributed by atoms with Gasteiger partial charge in [0, 0.05) is 18.7 Å². The highest BCUT2D eigenvalue weighted by molar-refractivity contribution is 7.22. The van der Waals surface area contributed by atoms with Crippen molar-refractivity contribution in [3.8, 4) is 5.75 Å². The lowest BCUT2D eigenvalue weighted by molar-refractivity contribution is -0.137. The van der Waals surface area contributed by atoms with Crippen LogP contribution in [-0.4, -0.2) is 48.6 Å². The average molecular weight is 466 g/mol. The standard InChI is InChI=1S/C23H26F3N3O2S/c1-4-28(5-2)14-15-29(21(30)16-10-12-17(13-11-16)23(24,25)26)22-27-20-18(31-6-3)8-7-9-19(20)32-22/h7-13H,4-6,14-15H2,1-3H3. The lowest BCUT2D eigenvalue weighted by Gasteiger charge is -2.25. The lowest BCUT2D eigenvalue weighted by atomic mass is 10.1. The van der Waals surface area contributed by atoms with Crippen molar-refractivity contribution >= 4 is 32.6 Å². The summed E-state index contributed by atoms with van der Waals surface area (Å²) in [5.74, 6) is 0.251. The van der Waals surface area contributed by atoms with Crippen LogP contribution in [0.25, 0.3) is 10.2 Å². The van der Waals surface area contributed by atoms with E-state index in [9.17, 15) is 18.0 Å². The molecule has 1 amide bonds. The maximum Gasteiger partial charge on any atom is 0.416 e. The van der Waals surface area contributed by atoms with Gasteiger partial charge >= 0.3 is 6.18 Å². The molecule has 1 heterocycles. The Kier molecular flexibility index (Phi) is 7.73. The first-order chi connectivity index (χ1) is 15.3. The summed E-state index contributed by atoms with van der Waals surface area (Å²) in [4.78, 5) is 21.7. The average Bonchev–Trinajstić information content (AvgIpc) is 3.21. The van der Waals surface area contributed by atoms with Gasteiger partial charge in [-0.2, -0.15) is 13.2 Å². The predicted molar refractivity (Wildman–Crippen MR) is 122 cm³/mol. The van der Waals surface area contributed by atoms with Crippen molar-refractivity contribution in [1.29, 1.82) is 0 Å². The molecule has 0 atom stereocenters. The van der Waals surface area contributed by atoms with Crippen LogP contribution < -0.4 is 9.64 Å². The molecular weight excluding hydrogens is 439 g/mol. The number of benzene rings is 2. The Balaban J connectivity index is 1.97. The second-order valence-electron chi connectivity index (χ2n) is 7.09. The molecule has 0 aliphatic rings. The molecule has 3 aromatic rings. The fourth-order valence-electron chi connectivity index (χ4n) is 3.32. The number of ether oxygens (including phenoxy) is 1. The number of halogens is 3. The number of hydrogen-bond donors (Lipinski definition) is 0. The van der Waals surface area contributed by atoms with E-state index in [0.29, 0.717) is 36.1 Å². The SMILES string of the molecule is CCOc1cccc2sc(N(CCN(CC)CC)C(=O)c3ccc(C(F)(F)F)cc3)nc12. The number of thiazole rings is 1. The first-order valence-corrected chi connectivity index (χ1v) is 11.3. The molecule has 0 saturated carbocycles. The molecule has 2 aromatic carbocycles. The normalized spacial score (nSPS) is 11.8. The van der Waals surface area contributed by atoms with Crippen LogP contribution in [0.1, 0.15) is 36.7 Å². The Morgan fingerprint density at radius 2 is 1.72 bits per heavy atom. The number of carbonyl (C=O) groups excluding carboxylic acids is 1. The van der Waals surface area contributed by atoms with Gasteiger partial charge in [-0.05, 0) is 56.4 Å². The summed E-state index contributed by atoms with van der Waals surface area (Å²) >= 11 is 1.36. The van der Waals surface area contributed by atoms with Gasteiger partial charge in [0.2, 0.25) is 0 Å². The summed E-state index contributed by atoms with van der Waals surface area (Å²) in [5.41, 5.74) is 0.0642. The predicted octanol–water partition coefficient (Wildman–Crippen LogP) is 5.70. The monoisotopic (exact) mass is 465 g/mol. The molecule has 0 fully saturated rings. The Hall–Kier alpha value is -2.65. The quantitative estimate of drug-likeness (QED) is 0.407. The largest absolute Gasteiger partial charge is 0.492 e. The van der Waals surface area contributed by atoms with Crippen molar-refractivity contribution in [2.75, 3.05) is 37.7 Å². The molecular formula is C23H26F3N3O2S.